The van der Waals surface area contributed by atoms with E-state index in [0.29, 0.717) is 11.5 Å². The lowest BCUT2D eigenvalue weighted by atomic mass is 10.2. The molecule has 22 heavy (non-hydrogen) atoms. The average molecular weight is 297 g/mol. The first-order valence-electron chi connectivity index (χ1n) is 6.35. The van der Waals surface area contributed by atoms with Gasteiger partial charge >= 0.3 is 5.69 Å². The fourth-order valence-electron chi connectivity index (χ4n) is 1.94. The minimum absolute atomic E-state index is 0.368. The number of rotatable bonds is 4. The van der Waals surface area contributed by atoms with Crippen LogP contribution < -0.4 is 5.43 Å². The van der Waals surface area contributed by atoms with Gasteiger partial charge in [0.1, 0.15) is 0 Å². The first kappa shape index (κ1) is 13.6. The number of hydrogen-bond acceptors (Lipinski definition) is 6. The molecular weight excluding hydrogens is 286 g/mol. The number of H-pyrrole nitrogens is 1. The molecule has 0 amide bonds. The molecule has 2 aromatic carbocycles. The summed E-state index contributed by atoms with van der Waals surface area (Å²) in [5.74, 6) is 0.0816. The fourth-order valence-corrected chi connectivity index (χ4v) is 1.94. The van der Waals surface area contributed by atoms with Gasteiger partial charge in [0.15, 0.2) is 5.75 Å². The first-order valence-corrected chi connectivity index (χ1v) is 6.35. The number of aromatic amines is 1. The Morgan fingerprint density at radius 3 is 2.91 bits per heavy atom. The van der Waals surface area contributed by atoms with Crippen LogP contribution >= 0.6 is 0 Å². The number of aromatic hydroxyl groups is 1. The van der Waals surface area contributed by atoms with Crippen LogP contribution in [0.4, 0.5) is 11.6 Å². The summed E-state index contributed by atoms with van der Waals surface area (Å²) in [5.41, 5.74) is 4.51. The van der Waals surface area contributed by atoms with Crippen molar-refractivity contribution in [1.29, 1.82) is 0 Å². The molecular formula is C14H11N5O3. The SMILES string of the molecule is O=[N+]([O-])c1cc(/C=N/Nc2nc3ccccc3[nH]2)ccc1O. The van der Waals surface area contributed by atoms with Crippen LogP contribution in [-0.2, 0) is 0 Å². The second-order valence-electron chi connectivity index (χ2n) is 4.48. The molecule has 1 heterocycles. The van der Waals surface area contributed by atoms with E-state index in [1.807, 2.05) is 24.3 Å². The van der Waals surface area contributed by atoms with E-state index in [4.69, 9.17) is 0 Å². The van der Waals surface area contributed by atoms with Crippen molar-refractivity contribution in [2.45, 2.75) is 0 Å². The summed E-state index contributed by atoms with van der Waals surface area (Å²) in [6, 6.07) is 11.5. The lowest BCUT2D eigenvalue weighted by Crippen LogP contribution is -1.94. The predicted molar refractivity (Wildman–Crippen MR) is 82.1 cm³/mol. The monoisotopic (exact) mass is 297 g/mol. The van der Waals surface area contributed by atoms with E-state index < -0.39 is 4.92 Å². The molecule has 3 rings (SSSR count). The molecule has 0 aliphatic carbocycles. The van der Waals surface area contributed by atoms with Gasteiger partial charge in [-0.15, -0.1) is 0 Å². The zero-order valence-corrected chi connectivity index (χ0v) is 11.2. The van der Waals surface area contributed by atoms with Gasteiger partial charge in [-0.05, 0) is 24.3 Å². The number of imidazole rings is 1. The molecule has 0 fully saturated rings. The highest BCUT2D eigenvalue weighted by Gasteiger charge is 2.12. The maximum atomic E-state index is 10.7. The van der Waals surface area contributed by atoms with Crippen molar-refractivity contribution in [3.05, 3.63) is 58.1 Å². The number of aromatic nitrogens is 2. The summed E-state index contributed by atoms with van der Waals surface area (Å²) in [6.07, 6.45) is 1.40. The quantitative estimate of drug-likeness (QED) is 0.389. The summed E-state index contributed by atoms with van der Waals surface area (Å²) < 4.78 is 0. The number of hydrazone groups is 1. The minimum Gasteiger partial charge on any atom is -0.502 e. The Hall–Kier alpha value is -3.42. The second-order valence-corrected chi connectivity index (χ2v) is 4.48. The highest BCUT2D eigenvalue weighted by Crippen LogP contribution is 2.25. The fraction of sp³-hybridized carbons (Fsp3) is 0. The molecule has 8 nitrogen and oxygen atoms in total. The van der Waals surface area contributed by atoms with Crippen LogP contribution in [0, 0.1) is 10.1 Å². The van der Waals surface area contributed by atoms with E-state index in [1.165, 1.54) is 24.4 Å². The number of hydrogen-bond donors (Lipinski definition) is 3. The third-order valence-corrected chi connectivity index (χ3v) is 2.97. The van der Waals surface area contributed by atoms with Crippen LogP contribution in [0.15, 0.2) is 47.6 Å². The Morgan fingerprint density at radius 2 is 2.14 bits per heavy atom. The summed E-state index contributed by atoms with van der Waals surface area (Å²) in [6.45, 7) is 0. The molecule has 0 unspecified atom stereocenters. The third-order valence-electron chi connectivity index (χ3n) is 2.97. The molecule has 110 valence electrons. The van der Waals surface area contributed by atoms with E-state index in [-0.39, 0.29) is 11.4 Å². The van der Waals surface area contributed by atoms with Gasteiger partial charge < -0.3 is 10.1 Å². The summed E-state index contributed by atoms with van der Waals surface area (Å²) in [4.78, 5) is 17.4. The molecule has 0 bridgehead atoms. The number of para-hydroxylation sites is 2. The molecule has 0 atom stereocenters. The minimum atomic E-state index is -0.653. The molecule has 0 radical (unpaired) electrons. The normalized spacial score (nSPS) is 11.1. The second kappa shape index (κ2) is 5.52. The van der Waals surface area contributed by atoms with E-state index in [0.717, 1.165) is 11.0 Å². The van der Waals surface area contributed by atoms with Gasteiger partial charge in [0.2, 0.25) is 5.95 Å². The number of nitro benzene ring substituents is 1. The highest BCUT2D eigenvalue weighted by molar-refractivity contribution is 5.82. The van der Waals surface area contributed by atoms with E-state index in [2.05, 4.69) is 20.5 Å². The van der Waals surface area contributed by atoms with Crippen LogP contribution in [0.2, 0.25) is 0 Å². The zero-order chi connectivity index (χ0) is 15.5. The smallest absolute Gasteiger partial charge is 0.311 e. The first-order chi connectivity index (χ1) is 10.6. The molecule has 3 N–H and O–H groups in total. The Morgan fingerprint density at radius 1 is 1.32 bits per heavy atom. The standard InChI is InChI=1S/C14H11N5O3/c20-13-6-5-9(7-12(13)19(21)22)8-15-18-14-16-10-3-1-2-4-11(10)17-14/h1-8,20H,(H2,16,17,18)/b15-8+. The van der Waals surface area contributed by atoms with E-state index in [1.54, 1.807) is 0 Å². The maximum Gasteiger partial charge on any atom is 0.311 e. The third kappa shape index (κ3) is 2.70. The van der Waals surface area contributed by atoms with Gasteiger partial charge in [0.25, 0.3) is 0 Å². The molecule has 1 aromatic heterocycles. The Labute approximate surface area is 124 Å². The van der Waals surface area contributed by atoms with Crippen molar-refractivity contribution in [3.63, 3.8) is 0 Å². The highest BCUT2D eigenvalue weighted by atomic mass is 16.6. The van der Waals surface area contributed by atoms with E-state index in [9.17, 15) is 15.2 Å². The van der Waals surface area contributed by atoms with Gasteiger partial charge in [0.05, 0.1) is 22.2 Å². The van der Waals surface area contributed by atoms with E-state index >= 15 is 0 Å². The predicted octanol–water partition coefficient (Wildman–Crippen LogP) is 2.62. The molecule has 3 aromatic rings. The molecule has 0 spiro atoms. The maximum absolute atomic E-state index is 10.7. The number of nitrogens with zero attached hydrogens (tertiary/aromatic N) is 3. The van der Waals surface area contributed by atoms with Crippen molar-refractivity contribution in [1.82, 2.24) is 9.97 Å². The van der Waals surface area contributed by atoms with Crippen LogP contribution in [0.3, 0.4) is 0 Å². The van der Waals surface area contributed by atoms with Gasteiger partial charge in [-0.3, -0.25) is 10.1 Å². The summed E-state index contributed by atoms with van der Waals surface area (Å²) in [5, 5.41) is 24.1. The van der Waals surface area contributed by atoms with Gasteiger partial charge in [-0.25, -0.2) is 10.4 Å². The van der Waals surface area contributed by atoms with Crippen LogP contribution in [0.5, 0.6) is 5.75 Å². The van der Waals surface area contributed by atoms with Crippen molar-refractivity contribution in [2.75, 3.05) is 5.43 Å². The number of nitrogens with one attached hydrogen (secondary N) is 2. The molecule has 0 saturated carbocycles. The largest absolute Gasteiger partial charge is 0.502 e. The average Bonchev–Trinajstić information content (AvgIpc) is 2.91. The number of nitro groups is 1. The Bertz CT molecular complexity index is 839. The van der Waals surface area contributed by atoms with Crippen LogP contribution in [0.1, 0.15) is 5.56 Å². The lowest BCUT2D eigenvalue weighted by molar-refractivity contribution is -0.385. The summed E-state index contributed by atoms with van der Waals surface area (Å²) in [7, 11) is 0. The lowest BCUT2D eigenvalue weighted by Gasteiger charge is -1.97. The van der Waals surface area contributed by atoms with Crippen molar-refractivity contribution >= 4 is 28.9 Å². The topological polar surface area (TPSA) is 116 Å². The Balaban J connectivity index is 1.77. The van der Waals surface area contributed by atoms with Gasteiger partial charge in [0, 0.05) is 11.6 Å². The number of fused-ring (bicyclic) bond motifs is 1. The van der Waals surface area contributed by atoms with Crippen molar-refractivity contribution in [2.24, 2.45) is 5.10 Å². The molecule has 0 saturated heterocycles. The molecule has 0 aliphatic rings. The van der Waals surface area contributed by atoms with Gasteiger partial charge in [-0.1, -0.05) is 12.1 Å². The number of benzene rings is 2. The Kier molecular flexibility index (Phi) is 3.40. The van der Waals surface area contributed by atoms with Crippen molar-refractivity contribution < 1.29 is 10.0 Å². The molecule has 8 heteroatoms. The zero-order valence-electron chi connectivity index (χ0n) is 11.2. The van der Waals surface area contributed by atoms with Crippen molar-refractivity contribution in [3.8, 4) is 5.75 Å². The number of phenolic OH excluding ortho intramolecular Hbond substituents is 1. The molecule has 0 aliphatic heterocycles. The number of phenols is 1. The van der Waals surface area contributed by atoms with Crippen LogP contribution in [-0.4, -0.2) is 26.2 Å². The van der Waals surface area contributed by atoms with Crippen LogP contribution in [0.25, 0.3) is 11.0 Å². The summed E-state index contributed by atoms with van der Waals surface area (Å²) >= 11 is 0. The van der Waals surface area contributed by atoms with Gasteiger partial charge in [-0.2, -0.15) is 5.10 Å². The number of anilines is 1.